The van der Waals surface area contributed by atoms with Gasteiger partial charge in [-0.1, -0.05) is 0 Å². The van der Waals surface area contributed by atoms with Gasteiger partial charge in [0.1, 0.15) is 12.2 Å². The molecule has 3 heterocycles. The van der Waals surface area contributed by atoms with Crippen molar-refractivity contribution in [3.8, 4) is 6.01 Å². The predicted molar refractivity (Wildman–Crippen MR) is 49.5 cm³/mol. The molecule has 4 atom stereocenters. The summed E-state index contributed by atoms with van der Waals surface area (Å²) in [5.41, 5.74) is 0.0967. The number of nitrogens with one attached hydrogen (secondary N) is 1. The SMILES string of the molecule is N=c1ccn2c(n1)O[C@@H]1[C@H](O)[C@@H](CO)O[C@H]12. The number of hydrogen-bond acceptors (Lipinski definition) is 6. The predicted octanol–water partition coefficient (Wildman–Crippen LogP) is -1.63. The first-order valence-electron chi connectivity index (χ1n) is 4.95. The minimum atomic E-state index is -0.883. The molecule has 1 saturated heterocycles. The summed E-state index contributed by atoms with van der Waals surface area (Å²) in [5, 5.41) is 26.1. The third-order valence-electron chi connectivity index (χ3n) is 2.84. The molecular weight excluding hydrogens is 214 g/mol. The number of hydrogen-bond donors (Lipinski definition) is 3. The summed E-state index contributed by atoms with van der Waals surface area (Å²) in [6.07, 6.45) is -0.930. The van der Waals surface area contributed by atoms with Gasteiger partial charge in [0.2, 0.25) is 0 Å². The van der Waals surface area contributed by atoms with E-state index in [0.29, 0.717) is 0 Å². The van der Waals surface area contributed by atoms with Crippen molar-refractivity contribution in [1.29, 1.82) is 5.41 Å². The van der Waals surface area contributed by atoms with E-state index in [2.05, 4.69) is 4.98 Å². The van der Waals surface area contributed by atoms with E-state index in [9.17, 15) is 5.11 Å². The van der Waals surface area contributed by atoms with E-state index in [-0.39, 0.29) is 18.1 Å². The first kappa shape index (κ1) is 9.76. The van der Waals surface area contributed by atoms with Crippen LogP contribution in [0.2, 0.25) is 0 Å². The van der Waals surface area contributed by atoms with Crippen LogP contribution in [0, 0.1) is 5.41 Å². The third-order valence-corrected chi connectivity index (χ3v) is 2.84. The average Bonchev–Trinajstić information content (AvgIpc) is 2.75. The molecule has 0 saturated carbocycles. The molecule has 1 fully saturated rings. The summed E-state index contributed by atoms with van der Waals surface area (Å²) in [4.78, 5) is 3.88. The molecule has 86 valence electrons. The Morgan fingerprint density at radius 3 is 3.12 bits per heavy atom. The molecule has 2 aliphatic heterocycles. The normalized spacial score (nSPS) is 35.6. The summed E-state index contributed by atoms with van der Waals surface area (Å²) in [6, 6.07) is 1.77. The molecule has 0 aromatic carbocycles. The van der Waals surface area contributed by atoms with Gasteiger partial charge in [0, 0.05) is 6.20 Å². The van der Waals surface area contributed by atoms with Crippen LogP contribution in [0.25, 0.3) is 0 Å². The molecule has 1 aromatic heterocycles. The zero-order valence-electron chi connectivity index (χ0n) is 8.28. The van der Waals surface area contributed by atoms with Crippen molar-refractivity contribution in [3.63, 3.8) is 0 Å². The third kappa shape index (κ3) is 1.19. The summed E-state index contributed by atoms with van der Waals surface area (Å²) >= 11 is 0. The number of rotatable bonds is 1. The molecule has 16 heavy (non-hydrogen) atoms. The first-order valence-corrected chi connectivity index (χ1v) is 4.95. The van der Waals surface area contributed by atoms with E-state index in [1.807, 2.05) is 0 Å². The monoisotopic (exact) mass is 225 g/mol. The van der Waals surface area contributed by atoms with Gasteiger partial charge in [0.05, 0.1) is 6.61 Å². The Labute approximate surface area is 90.4 Å². The van der Waals surface area contributed by atoms with Crippen molar-refractivity contribution in [2.75, 3.05) is 6.61 Å². The lowest BCUT2D eigenvalue weighted by Crippen LogP contribution is -2.34. The van der Waals surface area contributed by atoms with Crippen LogP contribution < -0.4 is 10.2 Å². The number of nitrogens with zero attached hydrogens (tertiary/aromatic N) is 2. The molecule has 3 rings (SSSR count). The van der Waals surface area contributed by atoms with Crippen molar-refractivity contribution in [1.82, 2.24) is 9.55 Å². The second kappa shape index (κ2) is 3.27. The molecule has 7 heteroatoms. The van der Waals surface area contributed by atoms with E-state index < -0.39 is 24.5 Å². The number of aliphatic hydroxyl groups is 2. The lowest BCUT2D eigenvalue weighted by molar-refractivity contribution is -0.0434. The van der Waals surface area contributed by atoms with Gasteiger partial charge < -0.3 is 19.7 Å². The zero-order chi connectivity index (χ0) is 11.3. The maximum atomic E-state index is 9.80. The van der Waals surface area contributed by atoms with Gasteiger partial charge >= 0.3 is 6.01 Å². The van der Waals surface area contributed by atoms with Crippen molar-refractivity contribution < 1.29 is 19.7 Å². The number of aromatic nitrogens is 2. The smallest absolute Gasteiger partial charge is 0.301 e. The van der Waals surface area contributed by atoms with E-state index in [1.54, 1.807) is 10.8 Å². The van der Waals surface area contributed by atoms with Crippen LogP contribution in [0.1, 0.15) is 6.23 Å². The highest BCUT2D eigenvalue weighted by Crippen LogP contribution is 2.38. The van der Waals surface area contributed by atoms with Crippen molar-refractivity contribution in [2.45, 2.75) is 24.5 Å². The summed E-state index contributed by atoms with van der Waals surface area (Å²) in [5.74, 6) is 0. The van der Waals surface area contributed by atoms with Crippen molar-refractivity contribution in [2.24, 2.45) is 0 Å². The summed E-state index contributed by atoms with van der Waals surface area (Å²) in [6.45, 7) is -0.253. The molecule has 3 N–H and O–H groups in total. The summed E-state index contributed by atoms with van der Waals surface area (Å²) in [7, 11) is 0. The van der Waals surface area contributed by atoms with Gasteiger partial charge in [-0.2, -0.15) is 4.98 Å². The Kier molecular flexibility index (Phi) is 2.00. The van der Waals surface area contributed by atoms with Crippen LogP contribution in [0.15, 0.2) is 12.3 Å². The Morgan fingerprint density at radius 1 is 1.56 bits per heavy atom. The summed E-state index contributed by atoms with van der Waals surface area (Å²) < 4.78 is 12.5. The van der Waals surface area contributed by atoms with E-state index in [4.69, 9.17) is 20.0 Å². The molecule has 0 amide bonds. The fraction of sp³-hybridized carbons (Fsp3) is 0.556. The van der Waals surface area contributed by atoms with Gasteiger partial charge in [-0.3, -0.25) is 9.98 Å². The van der Waals surface area contributed by atoms with E-state index in [0.717, 1.165) is 0 Å². The molecular formula is C9H11N3O4. The fourth-order valence-electron chi connectivity index (χ4n) is 2.04. The molecule has 0 aliphatic carbocycles. The minimum absolute atomic E-state index is 0.0967. The van der Waals surface area contributed by atoms with E-state index in [1.165, 1.54) is 6.07 Å². The maximum Gasteiger partial charge on any atom is 0.301 e. The second-order valence-corrected chi connectivity index (χ2v) is 3.82. The Balaban J connectivity index is 1.99. The zero-order valence-corrected chi connectivity index (χ0v) is 8.28. The Morgan fingerprint density at radius 2 is 2.38 bits per heavy atom. The molecule has 2 aliphatic rings. The quantitative estimate of drug-likeness (QED) is 0.533. The molecule has 0 spiro atoms. The highest BCUT2D eigenvalue weighted by Gasteiger charge is 2.50. The first-order chi connectivity index (χ1) is 7.70. The Hall–Kier alpha value is -1.44. The topological polar surface area (TPSA) is 101 Å². The van der Waals surface area contributed by atoms with Gasteiger partial charge in [-0.05, 0) is 6.07 Å². The largest absolute Gasteiger partial charge is 0.454 e. The number of aliphatic hydroxyl groups excluding tert-OH is 2. The van der Waals surface area contributed by atoms with Crippen molar-refractivity contribution >= 4 is 0 Å². The average molecular weight is 225 g/mol. The molecule has 1 aromatic rings. The fourth-order valence-corrected chi connectivity index (χ4v) is 2.04. The lowest BCUT2D eigenvalue weighted by atomic mass is 10.1. The van der Waals surface area contributed by atoms with Gasteiger partial charge in [0.25, 0.3) is 0 Å². The second-order valence-electron chi connectivity index (χ2n) is 3.82. The maximum absolute atomic E-state index is 9.80. The van der Waals surface area contributed by atoms with Crippen LogP contribution in [-0.4, -0.2) is 44.7 Å². The van der Waals surface area contributed by atoms with Gasteiger partial charge in [-0.15, -0.1) is 0 Å². The highest BCUT2D eigenvalue weighted by molar-refractivity contribution is 5.10. The van der Waals surface area contributed by atoms with Crippen LogP contribution >= 0.6 is 0 Å². The Bertz CT molecular complexity index is 474. The molecule has 0 unspecified atom stereocenters. The molecule has 7 nitrogen and oxygen atoms in total. The number of fused-ring (bicyclic) bond motifs is 3. The number of ether oxygens (including phenoxy) is 2. The molecule has 0 radical (unpaired) electrons. The van der Waals surface area contributed by atoms with Crippen molar-refractivity contribution in [3.05, 3.63) is 17.8 Å². The minimum Gasteiger partial charge on any atom is -0.454 e. The van der Waals surface area contributed by atoms with Gasteiger partial charge in [-0.25, -0.2) is 0 Å². The standard InChI is InChI=1S/C9H11N3O4/c10-5-1-2-12-8-7(16-9(12)11-5)6(14)4(3-13)15-8/h1-2,4,6-8,10,13-14H,3H2/t4-,6-,7-,8-/m1/s1. The van der Waals surface area contributed by atoms with Gasteiger partial charge in [0.15, 0.2) is 17.8 Å². The molecule has 0 bridgehead atoms. The highest BCUT2D eigenvalue weighted by atomic mass is 16.6. The van der Waals surface area contributed by atoms with Crippen LogP contribution in [0.3, 0.4) is 0 Å². The van der Waals surface area contributed by atoms with E-state index >= 15 is 0 Å². The van der Waals surface area contributed by atoms with Crippen LogP contribution in [0.4, 0.5) is 0 Å². The van der Waals surface area contributed by atoms with Crippen LogP contribution in [-0.2, 0) is 4.74 Å². The van der Waals surface area contributed by atoms with Crippen LogP contribution in [0.5, 0.6) is 6.01 Å². The lowest BCUT2D eigenvalue weighted by Gasteiger charge is -2.14.